The van der Waals surface area contributed by atoms with Crippen molar-refractivity contribution in [3.63, 3.8) is 0 Å². The fraction of sp³-hybridized carbons (Fsp3) is 0.364. The molecule has 32 heavy (non-hydrogen) atoms. The molecule has 0 spiro atoms. The van der Waals surface area contributed by atoms with Crippen LogP contribution in [0.2, 0.25) is 0 Å². The average molecular weight is 702 g/mol. The molecule has 2 atom stereocenters. The number of fused-ring (bicyclic) bond motifs is 2. The summed E-state index contributed by atoms with van der Waals surface area (Å²) in [4.78, 5) is 25.4. The van der Waals surface area contributed by atoms with Gasteiger partial charge in [-0.05, 0) is 127 Å². The first-order valence-corrected chi connectivity index (χ1v) is 13.1. The van der Waals surface area contributed by atoms with Gasteiger partial charge in [0.2, 0.25) is 12.8 Å². The van der Waals surface area contributed by atoms with Crippen molar-refractivity contribution in [2.75, 3.05) is 9.80 Å². The van der Waals surface area contributed by atoms with Crippen LogP contribution in [0.1, 0.15) is 37.8 Å². The second-order valence-electron chi connectivity index (χ2n) is 7.77. The predicted octanol–water partition coefficient (Wildman–Crippen LogP) is 7.30. The Morgan fingerprint density at radius 3 is 1.44 bits per heavy atom. The Morgan fingerprint density at radius 1 is 0.781 bits per heavy atom. The highest BCUT2D eigenvalue weighted by atomic mass is 79.9. The molecule has 2 amide bonds. The van der Waals surface area contributed by atoms with Crippen LogP contribution in [0.3, 0.4) is 0 Å². The molecule has 0 unspecified atom stereocenters. The van der Waals surface area contributed by atoms with Crippen LogP contribution in [0.4, 0.5) is 20.2 Å². The van der Waals surface area contributed by atoms with Crippen LogP contribution in [0, 0.1) is 11.6 Å². The first-order chi connectivity index (χ1) is 15.1. The fourth-order valence-corrected chi connectivity index (χ4v) is 6.55. The maximum absolute atomic E-state index is 13.6. The number of nitrogens with zero attached hydrogens (tertiary/aromatic N) is 2. The molecule has 2 aliphatic heterocycles. The van der Waals surface area contributed by atoms with Crippen molar-refractivity contribution in [1.29, 1.82) is 0 Å². The molecule has 0 radical (unpaired) electrons. The zero-order valence-electron chi connectivity index (χ0n) is 17.3. The minimum Gasteiger partial charge on any atom is -0.312 e. The van der Waals surface area contributed by atoms with Gasteiger partial charge in [0, 0.05) is 23.5 Å². The molecule has 4 rings (SSSR count). The van der Waals surface area contributed by atoms with Gasteiger partial charge in [-0.2, -0.15) is 0 Å². The number of anilines is 2. The van der Waals surface area contributed by atoms with Crippen molar-refractivity contribution >= 4 is 87.9 Å². The van der Waals surface area contributed by atoms with Gasteiger partial charge in [-0.15, -0.1) is 0 Å². The molecule has 2 aromatic rings. The summed E-state index contributed by atoms with van der Waals surface area (Å²) in [5, 5.41) is 0. The molecular weight excluding hydrogens is 682 g/mol. The molecule has 0 aromatic heterocycles. The Hall–Kier alpha value is -0.840. The molecule has 2 heterocycles. The van der Waals surface area contributed by atoms with Gasteiger partial charge in [0.05, 0.1) is 17.9 Å². The van der Waals surface area contributed by atoms with E-state index in [4.69, 9.17) is 0 Å². The molecule has 2 aromatic carbocycles. The highest BCUT2D eigenvalue weighted by Crippen LogP contribution is 2.40. The largest absolute Gasteiger partial charge is 0.312 e. The normalized spacial score (nSPS) is 19.5. The molecule has 0 bridgehead atoms. The molecular formula is C22H20Br4F2N2O2. The zero-order chi connectivity index (χ0) is 23.7. The van der Waals surface area contributed by atoms with Crippen LogP contribution in [-0.2, 0) is 22.4 Å². The van der Waals surface area contributed by atoms with E-state index in [9.17, 15) is 18.4 Å². The second kappa shape index (κ2) is 10.6. The maximum atomic E-state index is 13.6. The number of benzene rings is 2. The number of carbonyl (C=O) groups excluding carboxylic acids is 2. The van der Waals surface area contributed by atoms with E-state index in [2.05, 4.69) is 63.7 Å². The molecule has 4 nitrogen and oxygen atoms in total. The van der Waals surface area contributed by atoms with Gasteiger partial charge in [0.25, 0.3) is 0 Å². The summed E-state index contributed by atoms with van der Waals surface area (Å²) >= 11 is 12.8. The lowest BCUT2D eigenvalue weighted by atomic mass is 9.97. The number of rotatable bonds is 2. The van der Waals surface area contributed by atoms with E-state index < -0.39 is 0 Å². The van der Waals surface area contributed by atoms with Gasteiger partial charge in [-0.1, -0.05) is 0 Å². The van der Waals surface area contributed by atoms with Crippen molar-refractivity contribution in [3.05, 3.63) is 52.8 Å². The molecule has 0 aliphatic carbocycles. The lowest BCUT2D eigenvalue weighted by molar-refractivity contribution is -0.108. The maximum Gasteiger partial charge on any atom is 0.214 e. The van der Waals surface area contributed by atoms with Crippen LogP contribution in [0.15, 0.2) is 30.0 Å². The Kier molecular flexibility index (Phi) is 8.55. The summed E-state index contributed by atoms with van der Waals surface area (Å²) in [6, 6.07) is 3.66. The topological polar surface area (TPSA) is 40.6 Å². The van der Waals surface area contributed by atoms with Crippen molar-refractivity contribution in [2.45, 2.75) is 51.6 Å². The van der Waals surface area contributed by atoms with E-state index in [1.54, 1.807) is 21.9 Å². The van der Waals surface area contributed by atoms with Crippen molar-refractivity contribution < 1.29 is 18.4 Å². The Bertz CT molecular complexity index is 984. The summed E-state index contributed by atoms with van der Waals surface area (Å²) in [6.07, 6.45) is 4.88. The molecule has 10 heteroatoms. The predicted molar refractivity (Wildman–Crippen MR) is 136 cm³/mol. The number of amides is 2. The number of carbonyl (C=O) groups is 2. The van der Waals surface area contributed by atoms with Crippen LogP contribution in [-0.4, -0.2) is 24.9 Å². The van der Waals surface area contributed by atoms with E-state index in [-0.39, 0.29) is 23.7 Å². The standard InChI is InChI=1S/2C11H10Br2FNO/c2*1-6-2-3-7-9(15(6)5-16)4-8(12)11(14)10(7)13/h2*4-6H,2-3H2,1H3/t2*6-/m11/s1. The Morgan fingerprint density at radius 2 is 1.12 bits per heavy atom. The monoisotopic (exact) mass is 698 g/mol. The Balaban J connectivity index is 0.000000181. The Labute approximate surface area is 219 Å². The van der Waals surface area contributed by atoms with Crippen LogP contribution >= 0.6 is 63.7 Å². The van der Waals surface area contributed by atoms with E-state index in [0.717, 1.165) is 61.0 Å². The van der Waals surface area contributed by atoms with Crippen LogP contribution < -0.4 is 9.80 Å². The number of hydrogen-bond donors (Lipinski definition) is 0. The third kappa shape index (κ3) is 4.83. The third-order valence-corrected chi connectivity index (χ3v) is 8.64. The third-order valence-electron chi connectivity index (χ3n) is 5.84. The summed E-state index contributed by atoms with van der Waals surface area (Å²) in [5.41, 5.74) is 3.31. The van der Waals surface area contributed by atoms with E-state index in [0.29, 0.717) is 17.9 Å². The average Bonchev–Trinajstić information content (AvgIpc) is 2.76. The summed E-state index contributed by atoms with van der Waals surface area (Å²) in [7, 11) is 0. The van der Waals surface area contributed by atoms with Gasteiger partial charge in [-0.3, -0.25) is 9.59 Å². The van der Waals surface area contributed by atoms with E-state index in [1.165, 1.54) is 0 Å². The van der Waals surface area contributed by atoms with E-state index >= 15 is 0 Å². The number of halogens is 6. The van der Waals surface area contributed by atoms with Crippen molar-refractivity contribution in [3.8, 4) is 0 Å². The fourth-order valence-electron chi connectivity index (χ4n) is 3.96. The molecule has 172 valence electrons. The first kappa shape index (κ1) is 25.8. The summed E-state index contributed by atoms with van der Waals surface area (Å²) in [6.45, 7) is 3.98. The molecule has 0 saturated heterocycles. The number of hydrogen-bond acceptors (Lipinski definition) is 2. The second-order valence-corrected chi connectivity index (χ2v) is 11.1. The molecule has 2 aliphatic rings. The quantitative estimate of drug-likeness (QED) is 0.244. The van der Waals surface area contributed by atoms with Gasteiger partial charge < -0.3 is 9.80 Å². The molecule has 0 N–H and O–H groups in total. The van der Waals surface area contributed by atoms with Crippen LogP contribution in [0.5, 0.6) is 0 Å². The lowest BCUT2D eigenvalue weighted by Crippen LogP contribution is -2.36. The molecule has 0 fully saturated rings. The minimum atomic E-state index is -0.306. The zero-order valence-corrected chi connectivity index (χ0v) is 23.6. The highest BCUT2D eigenvalue weighted by Gasteiger charge is 2.28. The summed E-state index contributed by atoms with van der Waals surface area (Å²) in [5.74, 6) is -0.613. The first-order valence-electron chi connectivity index (χ1n) is 9.92. The highest BCUT2D eigenvalue weighted by molar-refractivity contribution is 9.11. The molecule has 0 saturated carbocycles. The minimum absolute atomic E-state index is 0.161. The lowest BCUT2D eigenvalue weighted by Gasteiger charge is -2.33. The van der Waals surface area contributed by atoms with Gasteiger partial charge in [-0.25, -0.2) is 8.78 Å². The van der Waals surface area contributed by atoms with Crippen LogP contribution in [0.25, 0.3) is 0 Å². The SMILES string of the molecule is C[C@@H]1CCc2c(cc(Br)c(F)c2Br)N1C=O.C[C@@H]1CCc2c(cc(Br)c(F)c2Br)N1C=O. The smallest absolute Gasteiger partial charge is 0.214 e. The van der Waals surface area contributed by atoms with Gasteiger partial charge >= 0.3 is 0 Å². The summed E-state index contributed by atoms with van der Waals surface area (Å²) < 4.78 is 28.9. The van der Waals surface area contributed by atoms with Gasteiger partial charge in [0.1, 0.15) is 0 Å². The van der Waals surface area contributed by atoms with Crippen molar-refractivity contribution in [2.24, 2.45) is 0 Å². The van der Waals surface area contributed by atoms with Crippen molar-refractivity contribution in [1.82, 2.24) is 0 Å². The van der Waals surface area contributed by atoms with Gasteiger partial charge in [0.15, 0.2) is 11.6 Å². The van der Waals surface area contributed by atoms with E-state index in [1.807, 2.05) is 13.8 Å².